The van der Waals surface area contributed by atoms with Crippen molar-refractivity contribution in [3.8, 4) is 0 Å². The van der Waals surface area contributed by atoms with Crippen LogP contribution in [0.4, 0.5) is 14.6 Å². The van der Waals surface area contributed by atoms with Crippen LogP contribution in [0, 0.1) is 11.6 Å². The number of rotatable bonds is 7. The normalized spacial score (nSPS) is 14.7. The summed E-state index contributed by atoms with van der Waals surface area (Å²) < 4.78 is 27.0. The number of halogens is 2. The molecule has 0 unspecified atom stereocenters. The Kier molecular flexibility index (Phi) is 6.86. The maximum Gasteiger partial charge on any atom is 0.272 e. The molecule has 5 nitrogen and oxygen atoms in total. The van der Waals surface area contributed by atoms with Crippen molar-refractivity contribution in [3.05, 3.63) is 106 Å². The second kappa shape index (κ2) is 10.4. The Morgan fingerprint density at radius 2 is 1.37 bits per heavy atom. The largest absolute Gasteiger partial charge is 0.352 e. The third-order valence-corrected chi connectivity index (χ3v) is 6.86. The van der Waals surface area contributed by atoms with Crippen LogP contribution in [-0.2, 0) is 0 Å². The molecule has 0 radical (unpaired) electrons. The highest BCUT2D eigenvalue weighted by atomic mass is 19.1. The lowest BCUT2D eigenvalue weighted by Gasteiger charge is -2.35. The number of hydrogen-bond donors (Lipinski definition) is 1. The Balaban J connectivity index is 1.21. The van der Waals surface area contributed by atoms with Crippen LogP contribution in [0.3, 0.4) is 0 Å². The highest BCUT2D eigenvalue weighted by molar-refractivity contribution is 5.91. The fourth-order valence-electron chi connectivity index (χ4n) is 4.96. The van der Waals surface area contributed by atoms with E-state index in [-0.39, 0.29) is 23.1 Å². The van der Waals surface area contributed by atoms with Gasteiger partial charge in [-0.05, 0) is 60.8 Å². The zero-order valence-corrected chi connectivity index (χ0v) is 19.5. The molecular weight excluding hydrogens is 446 g/mol. The molecule has 1 N–H and O–H groups in total. The Morgan fingerprint density at radius 3 is 1.97 bits per heavy atom. The Bertz CT molecular complexity index is 1280. The topological polar surface area (TPSA) is 52.2 Å². The van der Waals surface area contributed by atoms with E-state index >= 15 is 0 Å². The fourth-order valence-corrected chi connectivity index (χ4v) is 4.96. The van der Waals surface area contributed by atoms with E-state index in [1.165, 1.54) is 24.3 Å². The number of benzene rings is 3. The predicted octanol–water partition coefficient (Wildman–Crippen LogP) is 4.94. The molecule has 0 amide bonds. The van der Waals surface area contributed by atoms with Gasteiger partial charge in [-0.25, -0.2) is 13.9 Å². The summed E-state index contributed by atoms with van der Waals surface area (Å²) in [5.41, 5.74) is 1.91. The summed E-state index contributed by atoms with van der Waals surface area (Å²) in [4.78, 5) is 16.8. The minimum atomic E-state index is -0.255. The molecule has 1 saturated heterocycles. The van der Waals surface area contributed by atoms with E-state index in [1.54, 1.807) is 0 Å². The van der Waals surface area contributed by atoms with Crippen LogP contribution in [0.2, 0.25) is 0 Å². The first-order valence-electron chi connectivity index (χ1n) is 12.0. The minimum Gasteiger partial charge on any atom is -0.352 e. The number of H-pyrrole nitrogens is 1. The number of fused-ring (bicyclic) bond motifs is 1. The first kappa shape index (κ1) is 23.2. The molecule has 0 saturated carbocycles. The van der Waals surface area contributed by atoms with Gasteiger partial charge in [0.1, 0.15) is 11.6 Å². The van der Waals surface area contributed by atoms with Gasteiger partial charge in [0.2, 0.25) is 0 Å². The van der Waals surface area contributed by atoms with Gasteiger partial charge in [0.15, 0.2) is 5.82 Å². The second-order valence-corrected chi connectivity index (χ2v) is 9.05. The molecule has 35 heavy (non-hydrogen) atoms. The molecule has 180 valence electrons. The maximum atomic E-state index is 13.5. The second-order valence-electron chi connectivity index (χ2n) is 9.05. The van der Waals surface area contributed by atoms with E-state index in [0.717, 1.165) is 67.9 Å². The molecule has 7 heteroatoms. The highest BCUT2D eigenvalue weighted by Crippen LogP contribution is 2.30. The quantitative estimate of drug-likeness (QED) is 0.413. The molecule has 2 heterocycles. The summed E-state index contributed by atoms with van der Waals surface area (Å²) in [6, 6.07) is 20.8. The lowest BCUT2D eigenvalue weighted by molar-refractivity contribution is 0.251. The highest BCUT2D eigenvalue weighted by Gasteiger charge is 2.21. The van der Waals surface area contributed by atoms with Crippen molar-refractivity contribution in [2.75, 3.05) is 37.6 Å². The Hall–Kier alpha value is -3.58. The van der Waals surface area contributed by atoms with Crippen LogP contribution in [0.15, 0.2) is 77.6 Å². The first-order valence-corrected chi connectivity index (χ1v) is 12.0. The van der Waals surface area contributed by atoms with Crippen molar-refractivity contribution in [1.82, 2.24) is 15.1 Å². The number of aromatic amines is 1. The third kappa shape index (κ3) is 5.25. The van der Waals surface area contributed by atoms with Gasteiger partial charge in [-0.15, -0.1) is 0 Å². The predicted molar refractivity (Wildman–Crippen MR) is 135 cm³/mol. The summed E-state index contributed by atoms with van der Waals surface area (Å²) in [5.74, 6) is 0.408. The van der Waals surface area contributed by atoms with Crippen molar-refractivity contribution < 1.29 is 8.78 Å². The molecule has 1 aliphatic rings. The van der Waals surface area contributed by atoms with E-state index < -0.39 is 0 Å². The lowest BCUT2D eigenvalue weighted by Crippen LogP contribution is -2.47. The van der Waals surface area contributed by atoms with Gasteiger partial charge in [0, 0.05) is 37.5 Å². The molecule has 0 atom stereocenters. The van der Waals surface area contributed by atoms with Gasteiger partial charge in [-0.3, -0.25) is 9.69 Å². The zero-order valence-electron chi connectivity index (χ0n) is 19.5. The van der Waals surface area contributed by atoms with Gasteiger partial charge >= 0.3 is 0 Å². The van der Waals surface area contributed by atoms with Crippen molar-refractivity contribution in [1.29, 1.82) is 0 Å². The van der Waals surface area contributed by atoms with Crippen molar-refractivity contribution >= 4 is 16.6 Å². The van der Waals surface area contributed by atoms with Crippen LogP contribution in [0.1, 0.15) is 29.9 Å². The van der Waals surface area contributed by atoms with Gasteiger partial charge in [0.05, 0.1) is 5.39 Å². The van der Waals surface area contributed by atoms with Crippen LogP contribution < -0.4 is 10.5 Å². The van der Waals surface area contributed by atoms with Gasteiger partial charge in [-0.2, -0.15) is 5.10 Å². The first-order chi connectivity index (χ1) is 17.1. The molecule has 1 aromatic heterocycles. The number of piperazine rings is 1. The van der Waals surface area contributed by atoms with E-state index in [9.17, 15) is 13.6 Å². The number of hydrogen-bond acceptors (Lipinski definition) is 4. The molecule has 1 aliphatic heterocycles. The van der Waals surface area contributed by atoms with Gasteiger partial charge < -0.3 is 4.90 Å². The summed E-state index contributed by atoms with van der Waals surface area (Å²) in [6.45, 7) is 4.44. The van der Waals surface area contributed by atoms with E-state index in [2.05, 4.69) is 20.0 Å². The molecule has 1 fully saturated rings. The number of nitrogens with one attached hydrogen (secondary N) is 1. The fraction of sp³-hybridized carbons (Fsp3) is 0.286. The smallest absolute Gasteiger partial charge is 0.272 e. The summed E-state index contributed by atoms with van der Waals surface area (Å²) in [6.07, 6.45) is 1.86. The van der Waals surface area contributed by atoms with Crippen molar-refractivity contribution in [2.45, 2.75) is 18.8 Å². The number of anilines is 1. The van der Waals surface area contributed by atoms with E-state index in [0.29, 0.717) is 5.39 Å². The summed E-state index contributed by atoms with van der Waals surface area (Å²) in [5, 5.41) is 8.51. The SMILES string of the molecule is O=c1[nH]nc(N2CCN(CCCC(c3ccc(F)cc3)c3ccc(F)cc3)CC2)c2ccccc12. The van der Waals surface area contributed by atoms with Crippen molar-refractivity contribution in [3.63, 3.8) is 0 Å². The maximum absolute atomic E-state index is 13.5. The molecule has 0 aliphatic carbocycles. The monoisotopic (exact) mass is 474 g/mol. The molecule has 4 aromatic rings. The summed E-state index contributed by atoms with van der Waals surface area (Å²) in [7, 11) is 0. The molecule has 5 rings (SSSR count). The standard InChI is InChI=1S/C28H28F2N4O/c29-22-11-7-20(8-12-22)24(21-9-13-23(30)14-10-21)6-3-15-33-16-18-34(19-17-33)27-25-4-1-2-5-26(25)28(35)32-31-27/h1-2,4-5,7-14,24H,3,6,15-19H2,(H,32,35). The molecular formula is C28H28F2N4O. The average Bonchev–Trinajstić information content (AvgIpc) is 2.89. The minimum absolute atomic E-state index is 0.0918. The molecule has 0 bridgehead atoms. The Morgan fingerprint density at radius 1 is 0.800 bits per heavy atom. The van der Waals surface area contributed by atoms with Crippen LogP contribution >= 0.6 is 0 Å². The average molecular weight is 475 g/mol. The van der Waals surface area contributed by atoms with Crippen LogP contribution in [0.25, 0.3) is 10.8 Å². The molecule has 0 spiro atoms. The van der Waals surface area contributed by atoms with Gasteiger partial charge in [-0.1, -0.05) is 42.5 Å². The zero-order chi connectivity index (χ0) is 24.2. The lowest BCUT2D eigenvalue weighted by atomic mass is 9.87. The van der Waals surface area contributed by atoms with Crippen LogP contribution in [0.5, 0.6) is 0 Å². The van der Waals surface area contributed by atoms with E-state index in [1.807, 2.05) is 48.5 Å². The van der Waals surface area contributed by atoms with E-state index in [4.69, 9.17) is 0 Å². The number of aromatic nitrogens is 2. The molecule has 3 aromatic carbocycles. The Labute approximate surface area is 203 Å². The number of nitrogens with zero attached hydrogens (tertiary/aromatic N) is 3. The third-order valence-electron chi connectivity index (χ3n) is 6.86. The summed E-state index contributed by atoms with van der Waals surface area (Å²) >= 11 is 0. The van der Waals surface area contributed by atoms with Gasteiger partial charge in [0.25, 0.3) is 5.56 Å². The van der Waals surface area contributed by atoms with Crippen molar-refractivity contribution in [2.24, 2.45) is 0 Å². The van der Waals surface area contributed by atoms with Crippen LogP contribution in [-0.4, -0.2) is 47.8 Å².